The van der Waals surface area contributed by atoms with E-state index in [-0.39, 0.29) is 49.1 Å². The standard InChI is InChI=1S/C43H73NO7/c1-6-8-10-12-14-16-18-19-20-21-22-24-25-27-29-31-33-41(45)50-38-39(37-49-36-35-40(43(47)48)44(3,4)5)51-42(46)34-32-30-28-26-23-17-15-13-11-9-7-2/h9,11,15,17,20-22,24,26,28,39-40H,6-8,10,12-14,16,18-19,23,25,27,29-38H2,1-5H3/b11-9+,17-15+,21-20+,24-22+,28-26+. The maximum atomic E-state index is 12.6. The molecule has 0 radical (unpaired) electrons. The Kier molecular flexibility index (Phi) is 32.1. The first-order chi connectivity index (χ1) is 24.6. The van der Waals surface area contributed by atoms with Crippen molar-refractivity contribution in [3.8, 4) is 0 Å². The number of carbonyl (C=O) groups is 3. The molecule has 0 rings (SSSR count). The summed E-state index contributed by atoms with van der Waals surface area (Å²) in [6.07, 6.45) is 39.8. The fraction of sp³-hybridized carbons (Fsp3) is 0.698. The van der Waals surface area contributed by atoms with Crippen molar-refractivity contribution in [3.05, 3.63) is 60.8 Å². The zero-order chi connectivity index (χ0) is 37.8. The van der Waals surface area contributed by atoms with Gasteiger partial charge >= 0.3 is 11.9 Å². The van der Waals surface area contributed by atoms with Crippen LogP contribution < -0.4 is 5.11 Å². The first kappa shape index (κ1) is 48.0. The van der Waals surface area contributed by atoms with Gasteiger partial charge in [-0.1, -0.05) is 120 Å². The summed E-state index contributed by atoms with van der Waals surface area (Å²) >= 11 is 0. The number of carbonyl (C=O) groups excluding carboxylic acids is 3. The minimum Gasteiger partial charge on any atom is -0.544 e. The Morgan fingerprint density at radius 2 is 1.18 bits per heavy atom. The van der Waals surface area contributed by atoms with Crippen LogP contribution >= 0.6 is 0 Å². The number of allylic oxidation sites excluding steroid dienone is 10. The Balaban J connectivity index is 4.50. The SMILES string of the molecule is CC/C=C/C/C=C/C/C=C/CCCC(=O)OC(COCCC(C(=O)[O-])[N+](C)(C)C)COC(=O)CCCCC/C=C/C=C/CCCCCCCCC. The molecule has 0 aliphatic heterocycles. The minimum atomic E-state index is -1.14. The molecule has 0 fully saturated rings. The third kappa shape index (κ3) is 32.7. The van der Waals surface area contributed by atoms with Gasteiger partial charge in [0.25, 0.3) is 0 Å². The quantitative estimate of drug-likeness (QED) is 0.0216. The average molecular weight is 716 g/mol. The molecule has 0 amide bonds. The minimum absolute atomic E-state index is 0.00937. The van der Waals surface area contributed by atoms with Gasteiger partial charge in [0.2, 0.25) is 0 Å². The van der Waals surface area contributed by atoms with Crippen LogP contribution in [-0.2, 0) is 28.6 Å². The molecule has 0 aromatic carbocycles. The summed E-state index contributed by atoms with van der Waals surface area (Å²) in [6, 6.07) is -0.739. The van der Waals surface area contributed by atoms with Crippen molar-refractivity contribution < 1.29 is 38.2 Å². The third-order valence-electron chi connectivity index (χ3n) is 8.42. The van der Waals surface area contributed by atoms with E-state index in [1.54, 1.807) is 21.1 Å². The Hall–Kier alpha value is -2.97. The van der Waals surface area contributed by atoms with E-state index in [4.69, 9.17) is 14.2 Å². The molecule has 51 heavy (non-hydrogen) atoms. The number of rotatable bonds is 34. The highest BCUT2D eigenvalue weighted by atomic mass is 16.6. The maximum absolute atomic E-state index is 12.6. The van der Waals surface area contributed by atoms with Crippen molar-refractivity contribution >= 4 is 17.9 Å². The summed E-state index contributed by atoms with van der Waals surface area (Å²) in [5, 5.41) is 11.6. The zero-order valence-electron chi connectivity index (χ0n) is 33.0. The predicted molar refractivity (Wildman–Crippen MR) is 208 cm³/mol. The van der Waals surface area contributed by atoms with Crippen molar-refractivity contribution in [2.45, 2.75) is 154 Å². The van der Waals surface area contributed by atoms with Gasteiger partial charge in [-0.15, -0.1) is 0 Å². The molecule has 0 N–H and O–H groups in total. The molecule has 0 aromatic rings. The van der Waals surface area contributed by atoms with Gasteiger partial charge in [-0.25, -0.2) is 0 Å². The molecular formula is C43H73NO7. The molecule has 0 aliphatic rings. The molecule has 0 saturated heterocycles. The summed E-state index contributed by atoms with van der Waals surface area (Å²) in [4.78, 5) is 36.6. The summed E-state index contributed by atoms with van der Waals surface area (Å²) in [6.45, 7) is 4.42. The Morgan fingerprint density at radius 1 is 0.627 bits per heavy atom. The highest BCUT2D eigenvalue weighted by molar-refractivity contribution is 5.70. The molecule has 0 heterocycles. The molecule has 8 heteroatoms. The number of quaternary nitrogens is 1. The number of carboxylic acids is 1. The summed E-state index contributed by atoms with van der Waals surface area (Å²) in [5.74, 6) is -1.85. The topological polar surface area (TPSA) is 102 Å². The molecule has 2 unspecified atom stereocenters. The van der Waals surface area contributed by atoms with Crippen molar-refractivity contribution in [2.24, 2.45) is 0 Å². The van der Waals surface area contributed by atoms with Crippen molar-refractivity contribution in [1.82, 2.24) is 0 Å². The fourth-order valence-corrected chi connectivity index (χ4v) is 5.32. The highest BCUT2D eigenvalue weighted by Crippen LogP contribution is 2.11. The maximum Gasteiger partial charge on any atom is 0.306 e. The van der Waals surface area contributed by atoms with E-state index in [0.717, 1.165) is 57.8 Å². The molecule has 292 valence electrons. The lowest BCUT2D eigenvalue weighted by Gasteiger charge is -2.34. The van der Waals surface area contributed by atoms with E-state index >= 15 is 0 Å². The Labute approximate surface area is 311 Å². The number of unbranched alkanes of at least 4 members (excludes halogenated alkanes) is 11. The van der Waals surface area contributed by atoms with Crippen LogP contribution in [0.1, 0.15) is 142 Å². The van der Waals surface area contributed by atoms with Crippen molar-refractivity contribution in [2.75, 3.05) is 41.0 Å². The second-order valence-corrected chi connectivity index (χ2v) is 14.2. The zero-order valence-corrected chi connectivity index (χ0v) is 33.0. The van der Waals surface area contributed by atoms with Crippen LogP contribution in [-0.4, -0.2) is 75.5 Å². The van der Waals surface area contributed by atoms with Gasteiger partial charge in [-0.05, 0) is 64.2 Å². The Morgan fingerprint density at radius 3 is 1.78 bits per heavy atom. The number of hydrogen-bond donors (Lipinski definition) is 0. The number of aliphatic carboxylic acids is 1. The van der Waals surface area contributed by atoms with E-state index in [0.29, 0.717) is 12.8 Å². The van der Waals surface area contributed by atoms with Gasteiger partial charge in [0.1, 0.15) is 12.6 Å². The monoisotopic (exact) mass is 716 g/mol. The van der Waals surface area contributed by atoms with Gasteiger partial charge in [0, 0.05) is 19.3 Å². The van der Waals surface area contributed by atoms with Crippen molar-refractivity contribution in [1.29, 1.82) is 0 Å². The average Bonchev–Trinajstić information content (AvgIpc) is 3.08. The smallest absolute Gasteiger partial charge is 0.306 e. The molecule has 0 bridgehead atoms. The number of hydrogen-bond acceptors (Lipinski definition) is 7. The lowest BCUT2D eigenvalue weighted by atomic mass is 10.1. The number of esters is 2. The van der Waals surface area contributed by atoms with Crippen LogP contribution in [0.5, 0.6) is 0 Å². The summed E-state index contributed by atoms with van der Waals surface area (Å²) in [5.41, 5.74) is 0. The predicted octanol–water partition coefficient (Wildman–Crippen LogP) is 8.91. The second kappa shape index (κ2) is 34.1. The fourth-order valence-electron chi connectivity index (χ4n) is 5.32. The number of likely N-dealkylation sites (N-methyl/N-ethyl adjacent to an activating group) is 1. The Bertz CT molecular complexity index is 1020. The normalized spacial score (nSPS) is 13.7. The molecule has 0 saturated carbocycles. The largest absolute Gasteiger partial charge is 0.544 e. The highest BCUT2D eigenvalue weighted by Gasteiger charge is 2.25. The van der Waals surface area contributed by atoms with Gasteiger partial charge in [0.05, 0.1) is 40.3 Å². The van der Waals surface area contributed by atoms with Gasteiger partial charge in [-0.3, -0.25) is 9.59 Å². The van der Waals surface area contributed by atoms with Gasteiger partial charge in [-0.2, -0.15) is 0 Å². The van der Waals surface area contributed by atoms with E-state index in [1.165, 1.54) is 44.9 Å². The molecular weight excluding hydrogens is 642 g/mol. The van der Waals surface area contributed by atoms with Gasteiger partial charge < -0.3 is 28.6 Å². The first-order valence-corrected chi connectivity index (χ1v) is 19.8. The summed E-state index contributed by atoms with van der Waals surface area (Å²) < 4.78 is 17.0. The lowest BCUT2D eigenvalue weighted by molar-refractivity contribution is -0.889. The van der Waals surface area contributed by atoms with E-state index < -0.39 is 18.1 Å². The molecule has 0 spiro atoms. The number of nitrogens with zero attached hydrogens (tertiary/aromatic N) is 1. The van der Waals surface area contributed by atoms with Crippen LogP contribution in [0.2, 0.25) is 0 Å². The van der Waals surface area contributed by atoms with E-state index in [2.05, 4.69) is 74.6 Å². The van der Waals surface area contributed by atoms with E-state index in [1.807, 2.05) is 0 Å². The third-order valence-corrected chi connectivity index (χ3v) is 8.42. The van der Waals surface area contributed by atoms with Crippen LogP contribution in [0, 0.1) is 0 Å². The second-order valence-electron chi connectivity index (χ2n) is 14.2. The lowest BCUT2D eigenvalue weighted by Crippen LogP contribution is -2.55. The van der Waals surface area contributed by atoms with Crippen LogP contribution in [0.15, 0.2) is 60.8 Å². The molecule has 8 nitrogen and oxygen atoms in total. The van der Waals surface area contributed by atoms with Crippen LogP contribution in [0.3, 0.4) is 0 Å². The molecule has 0 aromatic heterocycles. The number of carboxylic acid groups (broad SMARTS) is 1. The van der Waals surface area contributed by atoms with E-state index in [9.17, 15) is 19.5 Å². The first-order valence-electron chi connectivity index (χ1n) is 19.8. The van der Waals surface area contributed by atoms with Gasteiger partial charge in [0.15, 0.2) is 6.10 Å². The van der Waals surface area contributed by atoms with Crippen LogP contribution in [0.25, 0.3) is 0 Å². The number of ether oxygens (including phenoxy) is 3. The molecule has 0 aliphatic carbocycles. The van der Waals surface area contributed by atoms with Crippen molar-refractivity contribution in [3.63, 3.8) is 0 Å². The molecule has 2 atom stereocenters. The summed E-state index contributed by atoms with van der Waals surface area (Å²) in [7, 11) is 5.36. The van der Waals surface area contributed by atoms with Crippen LogP contribution in [0.4, 0.5) is 0 Å².